The zero-order valence-corrected chi connectivity index (χ0v) is 16.9. The Morgan fingerprint density at radius 1 is 1.32 bits per heavy atom. The van der Waals surface area contributed by atoms with Gasteiger partial charge in [0.15, 0.2) is 11.2 Å². The van der Waals surface area contributed by atoms with E-state index in [1.54, 1.807) is 11.8 Å². The van der Waals surface area contributed by atoms with Crippen molar-refractivity contribution in [3.63, 3.8) is 0 Å². The van der Waals surface area contributed by atoms with E-state index >= 15 is 0 Å². The molecular weight excluding hydrogens is 372 g/mol. The summed E-state index contributed by atoms with van der Waals surface area (Å²) < 4.78 is 12.8. The molecule has 0 bridgehead atoms. The Morgan fingerprint density at radius 2 is 2.18 bits per heavy atom. The number of aryl methyl sites for hydroxylation is 1. The van der Waals surface area contributed by atoms with Crippen LogP contribution in [0.5, 0.6) is 5.75 Å². The number of carbonyl (C=O) groups is 1. The van der Waals surface area contributed by atoms with E-state index in [0.717, 1.165) is 35.2 Å². The molecule has 28 heavy (non-hydrogen) atoms. The largest absolute Gasteiger partial charge is 0.481 e. The number of carbonyl (C=O) groups excluding carboxylic acids is 1. The molecule has 1 aromatic heterocycles. The van der Waals surface area contributed by atoms with Crippen LogP contribution in [0.2, 0.25) is 0 Å². The van der Waals surface area contributed by atoms with Crippen LogP contribution in [0.1, 0.15) is 25.3 Å². The van der Waals surface area contributed by atoms with Gasteiger partial charge in [0.2, 0.25) is 0 Å². The molecule has 5 nitrogen and oxygen atoms in total. The molecule has 1 aliphatic rings. The molecule has 146 valence electrons. The number of hydrogen-bond acceptors (Lipinski definition) is 5. The van der Waals surface area contributed by atoms with E-state index in [9.17, 15) is 4.79 Å². The maximum atomic E-state index is 13.3. The summed E-state index contributed by atoms with van der Waals surface area (Å²) in [7, 11) is 0. The average Bonchev–Trinajstić information content (AvgIpc) is 3.34. The van der Waals surface area contributed by atoms with Crippen LogP contribution >= 0.6 is 11.3 Å². The maximum absolute atomic E-state index is 13.3. The standard InChI is InChI=1S/C22H24N2O3S/c1-15-7-5-8-17(13-15)27-16(2)21(25)24(14-18-9-6-12-26-18)22-23-19-10-3-4-11-20(19)28-22/h3-5,7-8,10-11,13,16,18H,6,9,12,14H2,1-2H3/t16-,18-/m0/s1. The number of anilines is 1. The fourth-order valence-electron chi connectivity index (χ4n) is 3.39. The van der Waals surface area contributed by atoms with Crippen molar-refractivity contribution in [2.75, 3.05) is 18.1 Å². The van der Waals surface area contributed by atoms with Crippen LogP contribution < -0.4 is 9.64 Å². The van der Waals surface area contributed by atoms with Crippen LogP contribution in [0.4, 0.5) is 5.13 Å². The molecule has 3 aromatic rings. The van der Waals surface area contributed by atoms with Gasteiger partial charge in [0, 0.05) is 6.61 Å². The van der Waals surface area contributed by atoms with Gasteiger partial charge in [-0.1, -0.05) is 35.6 Å². The van der Waals surface area contributed by atoms with Crippen molar-refractivity contribution in [2.45, 2.75) is 38.9 Å². The normalized spacial score (nSPS) is 17.6. The quantitative estimate of drug-likeness (QED) is 0.612. The van der Waals surface area contributed by atoms with Crippen LogP contribution in [-0.2, 0) is 9.53 Å². The van der Waals surface area contributed by atoms with Crippen LogP contribution in [0, 0.1) is 6.92 Å². The summed E-state index contributed by atoms with van der Waals surface area (Å²) in [5.41, 5.74) is 2.00. The number of fused-ring (bicyclic) bond motifs is 1. The highest BCUT2D eigenvalue weighted by Crippen LogP contribution is 2.30. The third-order valence-corrected chi connectivity index (χ3v) is 5.90. The van der Waals surface area contributed by atoms with Gasteiger partial charge in [0.25, 0.3) is 5.91 Å². The van der Waals surface area contributed by atoms with Gasteiger partial charge in [-0.25, -0.2) is 4.98 Å². The highest BCUT2D eigenvalue weighted by molar-refractivity contribution is 7.22. The van der Waals surface area contributed by atoms with Gasteiger partial charge in [-0.2, -0.15) is 0 Å². The van der Waals surface area contributed by atoms with Gasteiger partial charge >= 0.3 is 0 Å². The van der Waals surface area contributed by atoms with Gasteiger partial charge in [-0.05, 0) is 56.5 Å². The third-order valence-electron chi connectivity index (χ3n) is 4.84. The summed E-state index contributed by atoms with van der Waals surface area (Å²) in [6, 6.07) is 15.7. The maximum Gasteiger partial charge on any atom is 0.269 e. The molecule has 1 fully saturated rings. The Labute approximate surface area is 168 Å². The first kappa shape index (κ1) is 18.9. The smallest absolute Gasteiger partial charge is 0.269 e. The fourth-order valence-corrected chi connectivity index (χ4v) is 4.37. The van der Waals surface area contributed by atoms with Crippen molar-refractivity contribution < 1.29 is 14.3 Å². The van der Waals surface area contributed by atoms with Crippen molar-refractivity contribution >= 4 is 32.6 Å². The molecule has 1 aliphatic heterocycles. The number of amides is 1. The number of rotatable bonds is 6. The number of thiazole rings is 1. The van der Waals surface area contributed by atoms with E-state index in [1.807, 2.05) is 55.5 Å². The molecule has 0 unspecified atom stereocenters. The number of ether oxygens (including phenoxy) is 2. The number of nitrogens with zero attached hydrogens (tertiary/aromatic N) is 2. The molecule has 2 heterocycles. The lowest BCUT2D eigenvalue weighted by atomic mass is 10.2. The zero-order chi connectivity index (χ0) is 19.5. The van der Waals surface area contributed by atoms with E-state index in [2.05, 4.69) is 0 Å². The molecule has 0 N–H and O–H groups in total. The van der Waals surface area contributed by atoms with E-state index in [4.69, 9.17) is 14.5 Å². The van der Waals surface area contributed by atoms with Gasteiger partial charge in [0.1, 0.15) is 5.75 Å². The highest BCUT2D eigenvalue weighted by atomic mass is 32.1. The Kier molecular flexibility index (Phi) is 5.59. The third kappa shape index (κ3) is 4.18. The van der Waals surface area contributed by atoms with Crippen molar-refractivity contribution in [3.8, 4) is 5.75 Å². The molecule has 4 rings (SSSR count). The number of benzene rings is 2. The highest BCUT2D eigenvalue weighted by Gasteiger charge is 2.30. The van der Waals surface area contributed by atoms with Gasteiger partial charge in [-0.15, -0.1) is 0 Å². The van der Waals surface area contributed by atoms with Gasteiger partial charge in [0.05, 0.1) is 22.9 Å². The first-order valence-electron chi connectivity index (χ1n) is 9.62. The SMILES string of the molecule is Cc1cccc(O[C@@H](C)C(=O)N(C[C@@H]2CCCO2)c2nc3ccccc3s2)c1. The minimum absolute atomic E-state index is 0.0436. The van der Waals surface area contributed by atoms with Crippen LogP contribution in [0.15, 0.2) is 48.5 Å². The van der Waals surface area contributed by atoms with Crippen molar-refractivity contribution in [3.05, 3.63) is 54.1 Å². The lowest BCUT2D eigenvalue weighted by Crippen LogP contribution is -2.44. The Hall–Kier alpha value is -2.44. The summed E-state index contributed by atoms with van der Waals surface area (Å²) in [6.07, 6.45) is 1.42. The molecule has 1 amide bonds. The Bertz CT molecular complexity index is 932. The Morgan fingerprint density at radius 3 is 2.93 bits per heavy atom. The molecule has 2 aromatic carbocycles. The summed E-state index contributed by atoms with van der Waals surface area (Å²) in [4.78, 5) is 19.7. The minimum atomic E-state index is -0.616. The summed E-state index contributed by atoms with van der Waals surface area (Å²) >= 11 is 1.53. The summed E-state index contributed by atoms with van der Waals surface area (Å²) in [5.74, 6) is 0.596. The lowest BCUT2D eigenvalue weighted by Gasteiger charge is -2.26. The van der Waals surface area contributed by atoms with Crippen molar-refractivity contribution in [1.82, 2.24) is 4.98 Å². The number of aromatic nitrogens is 1. The topological polar surface area (TPSA) is 51.7 Å². The summed E-state index contributed by atoms with van der Waals surface area (Å²) in [6.45, 7) is 5.05. The molecular formula is C22H24N2O3S. The van der Waals surface area contributed by atoms with E-state index < -0.39 is 6.10 Å². The van der Waals surface area contributed by atoms with Gasteiger partial charge < -0.3 is 9.47 Å². The minimum Gasteiger partial charge on any atom is -0.481 e. The van der Waals surface area contributed by atoms with Crippen LogP contribution in [0.3, 0.4) is 0 Å². The zero-order valence-electron chi connectivity index (χ0n) is 16.1. The molecule has 0 aliphatic carbocycles. The first-order valence-corrected chi connectivity index (χ1v) is 10.4. The number of para-hydroxylation sites is 1. The monoisotopic (exact) mass is 396 g/mol. The molecule has 0 saturated carbocycles. The first-order chi connectivity index (χ1) is 13.6. The second-order valence-corrected chi connectivity index (χ2v) is 8.13. The van der Waals surface area contributed by atoms with E-state index in [-0.39, 0.29) is 12.0 Å². The molecule has 1 saturated heterocycles. The van der Waals surface area contributed by atoms with Crippen molar-refractivity contribution in [2.24, 2.45) is 0 Å². The van der Waals surface area contributed by atoms with E-state index in [0.29, 0.717) is 17.4 Å². The molecule has 6 heteroatoms. The Balaban J connectivity index is 1.58. The van der Waals surface area contributed by atoms with E-state index in [1.165, 1.54) is 11.3 Å². The second-order valence-electron chi connectivity index (χ2n) is 7.12. The van der Waals surface area contributed by atoms with Gasteiger partial charge in [-0.3, -0.25) is 9.69 Å². The molecule has 0 radical (unpaired) electrons. The number of hydrogen-bond donors (Lipinski definition) is 0. The van der Waals surface area contributed by atoms with Crippen LogP contribution in [-0.4, -0.2) is 36.3 Å². The lowest BCUT2D eigenvalue weighted by molar-refractivity contribution is -0.125. The second kappa shape index (κ2) is 8.29. The van der Waals surface area contributed by atoms with Crippen molar-refractivity contribution in [1.29, 1.82) is 0 Å². The summed E-state index contributed by atoms with van der Waals surface area (Å²) in [5, 5.41) is 0.696. The predicted molar refractivity (Wildman–Crippen MR) is 112 cm³/mol. The molecule has 0 spiro atoms. The van der Waals surface area contributed by atoms with Crippen LogP contribution in [0.25, 0.3) is 10.2 Å². The fraction of sp³-hybridized carbons (Fsp3) is 0.364. The molecule has 2 atom stereocenters. The average molecular weight is 397 g/mol. The predicted octanol–water partition coefficient (Wildman–Crippen LogP) is 4.58.